The molecule has 1 unspecified atom stereocenters. The van der Waals surface area contributed by atoms with E-state index in [9.17, 15) is 18.0 Å². The highest BCUT2D eigenvalue weighted by Gasteiger charge is 2.34. The fourth-order valence-corrected chi connectivity index (χ4v) is 4.25. The van der Waals surface area contributed by atoms with Crippen LogP contribution in [0.4, 0.5) is 30.2 Å². The maximum Gasteiger partial charge on any atom is 0.418 e. The number of alkyl halides is 3. The molecule has 3 rings (SSSR count). The highest BCUT2D eigenvalue weighted by atomic mass is 32.2. The normalized spacial score (nSPS) is 12.0. The lowest BCUT2D eigenvalue weighted by atomic mass is 10.1. The topological polar surface area (TPSA) is 53.2 Å². The zero-order valence-corrected chi connectivity index (χ0v) is 19.3. The van der Waals surface area contributed by atoms with Gasteiger partial charge in [0.1, 0.15) is 0 Å². The summed E-state index contributed by atoms with van der Waals surface area (Å²) in [5.41, 5.74) is 0.458. The number of amides is 1. The fraction of sp³-hybridized carbons (Fsp3) is 0.167. The number of benzene rings is 3. The van der Waals surface area contributed by atoms with Crippen molar-refractivity contribution >= 4 is 52.1 Å². The smallest absolute Gasteiger partial charge is 0.332 e. The number of carbonyl (C=O) groups excluding carboxylic acids is 1. The lowest BCUT2D eigenvalue weighted by Crippen LogP contribution is -2.26. The maximum atomic E-state index is 13.2. The Morgan fingerprint density at radius 2 is 1.55 bits per heavy atom. The van der Waals surface area contributed by atoms with Crippen molar-refractivity contribution in [2.75, 3.05) is 16.0 Å². The summed E-state index contributed by atoms with van der Waals surface area (Å²) in [6.07, 6.45) is -4.11. The van der Waals surface area contributed by atoms with Gasteiger partial charge in [0.25, 0.3) is 0 Å². The molecule has 0 aromatic heterocycles. The molecule has 0 saturated carbocycles. The van der Waals surface area contributed by atoms with Crippen LogP contribution in [0.1, 0.15) is 18.9 Å². The molecule has 0 fully saturated rings. The lowest BCUT2D eigenvalue weighted by molar-refractivity contribution is -0.137. The van der Waals surface area contributed by atoms with Crippen molar-refractivity contribution in [1.82, 2.24) is 0 Å². The van der Waals surface area contributed by atoms with Crippen molar-refractivity contribution in [3.8, 4) is 0 Å². The Morgan fingerprint density at radius 3 is 2.24 bits per heavy atom. The summed E-state index contributed by atoms with van der Waals surface area (Å²) in [5, 5.41) is 8.46. The van der Waals surface area contributed by atoms with Crippen molar-refractivity contribution in [3.05, 3.63) is 84.4 Å². The Labute approximate surface area is 200 Å². The molecule has 0 spiro atoms. The minimum Gasteiger partial charge on any atom is -0.332 e. The van der Waals surface area contributed by atoms with Crippen LogP contribution >= 0.6 is 24.0 Å². The van der Waals surface area contributed by atoms with Crippen LogP contribution in [0.3, 0.4) is 0 Å². The first kappa shape index (κ1) is 24.6. The van der Waals surface area contributed by atoms with E-state index in [0.29, 0.717) is 11.5 Å². The van der Waals surface area contributed by atoms with Crippen LogP contribution in [-0.4, -0.2) is 16.3 Å². The number of carbonyl (C=O) groups is 1. The number of hydrogen-bond acceptors (Lipinski definition) is 3. The molecule has 3 N–H and O–H groups in total. The van der Waals surface area contributed by atoms with Gasteiger partial charge in [0, 0.05) is 16.3 Å². The number of para-hydroxylation sites is 2. The van der Waals surface area contributed by atoms with Crippen LogP contribution < -0.4 is 16.0 Å². The van der Waals surface area contributed by atoms with E-state index in [0.717, 1.165) is 22.3 Å². The molecule has 0 aliphatic carbocycles. The Hall–Kier alpha value is -3.04. The summed E-state index contributed by atoms with van der Waals surface area (Å²) in [6.45, 7) is 1.81. The highest BCUT2D eigenvalue weighted by molar-refractivity contribution is 8.00. The third-order valence-corrected chi connectivity index (χ3v) is 6.12. The van der Waals surface area contributed by atoms with Crippen molar-refractivity contribution in [2.24, 2.45) is 0 Å². The van der Waals surface area contributed by atoms with Crippen LogP contribution in [0, 0.1) is 0 Å². The van der Waals surface area contributed by atoms with E-state index in [1.54, 1.807) is 0 Å². The van der Waals surface area contributed by atoms with Gasteiger partial charge in [-0.1, -0.05) is 43.3 Å². The minimum absolute atomic E-state index is 0.248. The van der Waals surface area contributed by atoms with Crippen molar-refractivity contribution in [3.63, 3.8) is 0 Å². The third kappa shape index (κ3) is 7.23. The van der Waals surface area contributed by atoms with E-state index in [4.69, 9.17) is 12.2 Å². The zero-order valence-electron chi connectivity index (χ0n) is 17.6. The van der Waals surface area contributed by atoms with Crippen molar-refractivity contribution < 1.29 is 18.0 Å². The number of thioether (sulfide) groups is 1. The van der Waals surface area contributed by atoms with Crippen molar-refractivity contribution in [1.29, 1.82) is 0 Å². The van der Waals surface area contributed by atoms with Gasteiger partial charge in [-0.15, -0.1) is 11.8 Å². The molecule has 33 heavy (non-hydrogen) atoms. The largest absolute Gasteiger partial charge is 0.418 e. The van der Waals surface area contributed by atoms with Crippen LogP contribution in [-0.2, 0) is 11.0 Å². The van der Waals surface area contributed by atoms with Gasteiger partial charge in [-0.3, -0.25) is 4.79 Å². The van der Waals surface area contributed by atoms with E-state index in [2.05, 4.69) is 16.0 Å². The fourth-order valence-electron chi connectivity index (χ4n) is 3.00. The Kier molecular flexibility index (Phi) is 8.35. The van der Waals surface area contributed by atoms with Gasteiger partial charge in [-0.25, -0.2) is 0 Å². The first-order valence-corrected chi connectivity index (χ1v) is 11.4. The van der Waals surface area contributed by atoms with Crippen LogP contribution in [0.2, 0.25) is 0 Å². The van der Waals surface area contributed by atoms with Crippen LogP contribution in [0.15, 0.2) is 83.8 Å². The Bertz CT molecular complexity index is 1110. The van der Waals surface area contributed by atoms with Crippen molar-refractivity contribution in [2.45, 2.75) is 29.7 Å². The molecule has 4 nitrogen and oxygen atoms in total. The molecular formula is C24H22F3N3OS2. The maximum absolute atomic E-state index is 13.2. The number of nitrogens with one attached hydrogen (secondary N) is 3. The number of thiocarbonyl (C=S) groups is 1. The molecular weight excluding hydrogens is 467 g/mol. The number of rotatable bonds is 7. The average molecular weight is 490 g/mol. The number of hydrogen-bond donors (Lipinski definition) is 3. The zero-order chi connectivity index (χ0) is 23.8. The molecule has 0 saturated heterocycles. The van der Waals surface area contributed by atoms with E-state index in [1.165, 1.54) is 30.0 Å². The second-order valence-electron chi connectivity index (χ2n) is 7.02. The summed E-state index contributed by atoms with van der Waals surface area (Å²) in [4.78, 5) is 13.5. The monoisotopic (exact) mass is 489 g/mol. The predicted octanol–water partition coefficient (Wildman–Crippen LogP) is 7.02. The van der Waals surface area contributed by atoms with Gasteiger partial charge in [0.2, 0.25) is 5.91 Å². The second kappa shape index (κ2) is 11.2. The Balaban J connectivity index is 1.66. The molecule has 0 bridgehead atoms. The van der Waals surface area contributed by atoms with E-state index < -0.39 is 22.9 Å². The molecule has 0 radical (unpaired) electrons. The molecule has 9 heteroatoms. The minimum atomic E-state index is -4.55. The van der Waals surface area contributed by atoms with E-state index >= 15 is 0 Å². The average Bonchev–Trinajstić information content (AvgIpc) is 2.78. The Morgan fingerprint density at radius 1 is 0.909 bits per heavy atom. The first-order chi connectivity index (χ1) is 15.8. The summed E-state index contributed by atoms with van der Waals surface area (Å²) in [6, 6.07) is 21.8. The summed E-state index contributed by atoms with van der Waals surface area (Å²) in [5.74, 6) is -0.487. The molecule has 3 aromatic carbocycles. The van der Waals surface area contributed by atoms with Gasteiger partial charge in [0.05, 0.1) is 16.5 Å². The van der Waals surface area contributed by atoms with E-state index in [1.807, 2.05) is 61.5 Å². The highest BCUT2D eigenvalue weighted by Crippen LogP contribution is 2.35. The second-order valence-corrected chi connectivity index (χ2v) is 8.70. The first-order valence-electron chi connectivity index (χ1n) is 10.1. The van der Waals surface area contributed by atoms with Gasteiger partial charge in [0.15, 0.2) is 5.11 Å². The summed E-state index contributed by atoms with van der Waals surface area (Å²) < 4.78 is 39.7. The molecule has 1 atom stereocenters. The SMILES string of the molecule is CCC(Sc1cccc(NC(=S)Nc2ccccc2)c1)C(=O)Nc1ccccc1C(F)(F)F. The molecule has 0 heterocycles. The molecule has 0 aliphatic rings. The van der Waals surface area contributed by atoms with Gasteiger partial charge >= 0.3 is 6.18 Å². The predicted molar refractivity (Wildman–Crippen MR) is 133 cm³/mol. The third-order valence-electron chi connectivity index (χ3n) is 4.56. The van der Waals surface area contributed by atoms with Crippen LogP contribution in [0.5, 0.6) is 0 Å². The molecule has 0 aliphatic heterocycles. The van der Waals surface area contributed by atoms with Gasteiger partial charge in [-0.05, 0) is 61.1 Å². The van der Waals surface area contributed by atoms with Gasteiger partial charge < -0.3 is 16.0 Å². The molecule has 3 aromatic rings. The summed E-state index contributed by atoms with van der Waals surface area (Å²) in [7, 11) is 0. The van der Waals surface area contributed by atoms with Gasteiger partial charge in [-0.2, -0.15) is 13.2 Å². The molecule has 1 amide bonds. The summed E-state index contributed by atoms with van der Waals surface area (Å²) >= 11 is 6.62. The quantitative estimate of drug-likeness (QED) is 0.246. The standard InChI is InChI=1S/C24H22F3N3OS2/c1-2-21(22(31)30-20-14-7-6-13-19(20)24(25,26)27)33-18-12-8-11-17(15-18)29-23(32)28-16-9-4-3-5-10-16/h3-15,21H,2H2,1H3,(H,30,31)(H2,28,29,32). The number of anilines is 3. The van der Waals surface area contributed by atoms with E-state index in [-0.39, 0.29) is 5.69 Å². The lowest BCUT2D eigenvalue weighted by Gasteiger charge is -2.18. The number of halogens is 3. The van der Waals surface area contributed by atoms with Crippen LogP contribution in [0.25, 0.3) is 0 Å². The molecule has 172 valence electrons.